The molecule has 3 amide bonds. The lowest BCUT2D eigenvalue weighted by Gasteiger charge is -2.26. The second-order valence-electron chi connectivity index (χ2n) is 8.37. The Morgan fingerprint density at radius 1 is 1.19 bits per heavy atom. The Labute approximate surface area is 184 Å². The van der Waals surface area contributed by atoms with Crippen LogP contribution in [0.3, 0.4) is 0 Å². The summed E-state index contributed by atoms with van der Waals surface area (Å²) in [6.07, 6.45) is 0.634. The van der Waals surface area contributed by atoms with Gasteiger partial charge in [-0.3, -0.25) is 4.79 Å². The monoisotopic (exact) mass is 461 g/mol. The van der Waals surface area contributed by atoms with E-state index in [1.807, 2.05) is 0 Å². The van der Waals surface area contributed by atoms with Crippen LogP contribution in [0.2, 0.25) is 0 Å². The molecule has 2 fully saturated rings. The Bertz CT molecular complexity index is 675. The summed E-state index contributed by atoms with van der Waals surface area (Å²) in [4.78, 5) is 55.3. The van der Waals surface area contributed by atoms with E-state index in [0.29, 0.717) is 11.7 Å². The highest BCUT2D eigenvalue weighted by Gasteiger charge is 2.42. The van der Waals surface area contributed by atoms with Gasteiger partial charge in [-0.15, -0.1) is 0 Å². The minimum atomic E-state index is -1.43. The number of rotatable bonds is 11. The number of carbonyl (C=O) groups excluding carboxylic acids is 4. The second-order valence-corrected chi connectivity index (χ2v) is 9.64. The largest absolute Gasteiger partial charge is 0.396 e. The molecule has 176 valence electrons. The highest BCUT2D eigenvalue weighted by molar-refractivity contribution is 8.00. The summed E-state index contributed by atoms with van der Waals surface area (Å²) < 4.78 is 0. The van der Waals surface area contributed by atoms with Crippen molar-refractivity contribution in [2.45, 2.75) is 69.4 Å². The Balaban J connectivity index is 1.52. The molecule has 12 heteroatoms. The van der Waals surface area contributed by atoms with Crippen LogP contribution < -0.4 is 16.0 Å². The van der Waals surface area contributed by atoms with Crippen molar-refractivity contribution in [2.75, 3.05) is 18.9 Å². The van der Waals surface area contributed by atoms with Crippen molar-refractivity contribution in [1.29, 1.82) is 0 Å². The van der Waals surface area contributed by atoms with Gasteiger partial charge in [0.05, 0.1) is 31.5 Å². The molecule has 2 rings (SSSR count). The zero-order valence-electron chi connectivity index (χ0n) is 17.7. The van der Waals surface area contributed by atoms with E-state index in [1.165, 1.54) is 13.8 Å². The number of hydrogen-bond acceptors (Lipinski definition) is 9. The molecule has 0 spiro atoms. The van der Waals surface area contributed by atoms with Crippen LogP contribution in [-0.2, 0) is 24.2 Å². The van der Waals surface area contributed by atoms with Gasteiger partial charge < -0.3 is 26.2 Å². The van der Waals surface area contributed by atoms with E-state index < -0.39 is 29.4 Å². The van der Waals surface area contributed by atoms with E-state index in [2.05, 4.69) is 25.7 Å². The van der Waals surface area contributed by atoms with E-state index in [9.17, 15) is 24.3 Å². The smallest absolute Gasteiger partial charge is 0.357 e. The van der Waals surface area contributed by atoms with E-state index in [-0.39, 0.29) is 44.1 Å². The molecular formula is C19H31N3O8S. The van der Waals surface area contributed by atoms with E-state index >= 15 is 0 Å². The van der Waals surface area contributed by atoms with Gasteiger partial charge >= 0.3 is 18.0 Å². The van der Waals surface area contributed by atoms with Crippen molar-refractivity contribution in [3.8, 4) is 0 Å². The molecular weight excluding hydrogens is 430 g/mol. The molecule has 2 saturated heterocycles. The van der Waals surface area contributed by atoms with Crippen LogP contribution in [0, 0.1) is 5.41 Å². The van der Waals surface area contributed by atoms with E-state index in [0.717, 1.165) is 18.6 Å². The molecule has 0 aromatic heterocycles. The average Bonchev–Trinajstić information content (AvgIpc) is 3.28. The first-order valence-electron chi connectivity index (χ1n) is 10.3. The van der Waals surface area contributed by atoms with E-state index in [1.54, 1.807) is 11.8 Å². The van der Waals surface area contributed by atoms with E-state index in [4.69, 9.17) is 5.11 Å². The number of nitrogens with one attached hydrogen (secondary N) is 3. The first-order chi connectivity index (χ1) is 14.6. The maximum absolute atomic E-state index is 11.8. The predicted octanol–water partition coefficient (Wildman–Crippen LogP) is -0.401. The molecule has 2 heterocycles. The van der Waals surface area contributed by atoms with Gasteiger partial charge in [-0.2, -0.15) is 11.8 Å². The Morgan fingerprint density at radius 3 is 2.55 bits per heavy atom. The fourth-order valence-corrected chi connectivity index (χ4v) is 4.80. The predicted molar refractivity (Wildman–Crippen MR) is 111 cm³/mol. The van der Waals surface area contributed by atoms with Crippen molar-refractivity contribution in [3.05, 3.63) is 0 Å². The Hall–Kier alpha value is -2.05. The van der Waals surface area contributed by atoms with Crippen molar-refractivity contribution in [1.82, 2.24) is 16.0 Å². The number of amides is 3. The standard InChI is InChI=1S/C19H31N3O8S/c1-19(2,10-23)16(26)17(27)20-8-7-14(25)30-29-13(24)6-4-3-5-12-15-11(9-31-12)21-18(28)22-15/h11-12,15-16,23,26H,3-10H2,1-2H3,(H,20,27)(H2,21,22,28)/t11-,12-,15-,16+/m1/s1. The molecule has 4 atom stereocenters. The number of fused-ring (bicyclic) bond motifs is 1. The van der Waals surface area contributed by atoms with Crippen LogP contribution in [-0.4, -0.2) is 76.4 Å². The van der Waals surface area contributed by atoms with Crippen LogP contribution in [0.15, 0.2) is 0 Å². The number of thioether (sulfide) groups is 1. The molecule has 0 bridgehead atoms. The molecule has 11 nitrogen and oxygen atoms in total. The number of hydrogen-bond donors (Lipinski definition) is 5. The molecule has 2 aliphatic heterocycles. The fourth-order valence-electron chi connectivity index (χ4n) is 3.26. The van der Waals surface area contributed by atoms with Gasteiger partial charge in [0.15, 0.2) is 0 Å². The van der Waals surface area contributed by atoms with Crippen molar-refractivity contribution in [2.24, 2.45) is 5.41 Å². The molecule has 2 aliphatic rings. The highest BCUT2D eigenvalue weighted by Crippen LogP contribution is 2.33. The van der Waals surface area contributed by atoms with Gasteiger partial charge in [0, 0.05) is 23.0 Å². The summed E-state index contributed by atoms with van der Waals surface area (Å²) >= 11 is 1.80. The third-order valence-electron chi connectivity index (χ3n) is 5.31. The summed E-state index contributed by atoms with van der Waals surface area (Å²) in [5, 5.41) is 27.4. The van der Waals surface area contributed by atoms with Gasteiger partial charge in [-0.05, 0) is 12.8 Å². The normalized spacial score (nSPS) is 23.4. The third-order valence-corrected chi connectivity index (χ3v) is 6.82. The minimum Gasteiger partial charge on any atom is -0.396 e. The van der Waals surface area contributed by atoms with Crippen LogP contribution >= 0.6 is 11.8 Å². The van der Waals surface area contributed by atoms with Crippen LogP contribution in [0.25, 0.3) is 0 Å². The molecule has 5 N–H and O–H groups in total. The van der Waals surface area contributed by atoms with Crippen molar-refractivity contribution in [3.63, 3.8) is 0 Å². The minimum absolute atomic E-state index is 0.0997. The zero-order valence-corrected chi connectivity index (χ0v) is 18.5. The number of urea groups is 1. The summed E-state index contributed by atoms with van der Waals surface area (Å²) in [5.74, 6) is -1.33. The fraction of sp³-hybridized carbons (Fsp3) is 0.789. The van der Waals surface area contributed by atoms with Crippen molar-refractivity contribution >= 4 is 35.6 Å². The Kier molecular flexibility index (Phi) is 9.38. The second kappa shape index (κ2) is 11.5. The van der Waals surface area contributed by atoms with Crippen LogP contribution in [0.1, 0.15) is 46.0 Å². The first kappa shape index (κ1) is 25.2. The van der Waals surface area contributed by atoms with Gasteiger partial charge in [0.2, 0.25) is 5.91 Å². The molecule has 0 aromatic rings. The van der Waals surface area contributed by atoms with Crippen LogP contribution in [0.5, 0.6) is 0 Å². The summed E-state index contributed by atoms with van der Waals surface area (Å²) in [6, 6.07) is 0.165. The quantitative estimate of drug-likeness (QED) is 0.119. The molecule has 0 unspecified atom stereocenters. The number of aliphatic hydroxyl groups excluding tert-OH is 2. The summed E-state index contributed by atoms with van der Waals surface area (Å²) in [7, 11) is 0. The maximum atomic E-state index is 11.8. The summed E-state index contributed by atoms with van der Waals surface area (Å²) in [6.45, 7) is 2.56. The van der Waals surface area contributed by atoms with Gasteiger partial charge in [-0.25, -0.2) is 24.2 Å². The molecule has 0 aromatic carbocycles. The molecule has 0 saturated carbocycles. The maximum Gasteiger partial charge on any atom is 0.357 e. The molecule has 0 radical (unpaired) electrons. The topological polar surface area (TPSA) is 163 Å². The van der Waals surface area contributed by atoms with Crippen molar-refractivity contribution < 1.29 is 39.2 Å². The lowest BCUT2D eigenvalue weighted by Crippen LogP contribution is -2.46. The molecule has 31 heavy (non-hydrogen) atoms. The zero-order chi connectivity index (χ0) is 23.0. The van der Waals surface area contributed by atoms with Gasteiger partial charge in [-0.1, -0.05) is 20.3 Å². The lowest BCUT2D eigenvalue weighted by molar-refractivity contribution is -0.259. The molecule has 0 aliphatic carbocycles. The SMILES string of the molecule is CC(C)(CO)[C@@H](O)C(=O)NCCC(=O)OOC(=O)CCCC[C@H]1SC[C@H]2NC(=O)N[C@H]21. The number of carbonyl (C=O) groups is 4. The highest BCUT2D eigenvalue weighted by atomic mass is 32.2. The Morgan fingerprint density at radius 2 is 1.87 bits per heavy atom. The van der Waals surface area contributed by atoms with Gasteiger partial charge in [0.1, 0.15) is 6.10 Å². The summed E-state index contributed by atoms with van der Waals surface area (Å²) in [5.41, 5.74) is -1.01. The first-order valence-corrected chi connectivity index (χ1v) is 11.3. The van der Waals surface area contributed by atoms with Crippen LogP contribution in [0.4, 0.5) is 4.79 Å². The lowest BCUT2D eigenvalue weighted by atomic mass is 9.87. The average molecular weight is 462 g/mol. The third kappa shape index (κ3) is 7.54. The van der Waals surface area contributed by atoms with Gasteiger partial charge in [0.25, 0.3) is 0 Å². The number of unbranched alkanes of at least 4 members (excludes halogenated alkanes) is 1. The number of aliphatic hydroxyl groups is 2.